The second-order valence-corrected chi connectivity index (χ2v) is 7.78. The Bertz CT molecular complexity index is 1110. The molecule has 0 amide bonds. The fourth-order valence-electron chi connectivity index (χ4n) is 2.74. The first kappa shape index (κ1) is 20.4. The fraction of sp³-hybridized carbons (Fsp3) is 0.200. The maximum atomic E-state index is 12.4. The van der Waals surface area contributed by atoms with Gasteiger partial charge in [-0.25, -0.2) is 4.83 Å². The maximum absolute atomic E-state index is 12.4. The highest BCUT2D eigenvalue weighted by Crippen LogP contribution is 2.32. The Balaban J connectivity index is 1.80. The van der Waals surface area contributed by atoms with Crippen LogP contribution in [0, 0.1) is 0 Å². The number of aryl methyl sites for hydroxylation is 1. The standard InChI is InChI=1S/C20H22N4O4S/c1-4-14-5-8-17(9-6-14)29(25,26)24-22-13-16-12-21-23-20(16)15-7-10-18(27-2)19(11-15)28-3/h5-13,24H,4H2,1-3H3,(H,21,23)/b22-13-. The van der Waals surface area contributed by atoms with Crippen LogP contribution in [0.1, 0.15) is 18.1 Å². The quantitative estimate of drug-likeness (QED) is 0.435. The number of methoxy groups -OCH3 is 2. The molecule has 0 fully saturated rings. The lowest BCUT2D eigenvalue weighted by Crippen LogP contribution is -2.18. The first-order chi connectivity index (χ1) is 14.0. The molecular weight excluding hydrogens is 392 g/mol. The lowest BCUT2D eigenvalue weighted by Gasteiger charge is -2.09. The van der Waals surface area contributed by atoms with Crippen molar-refractivity contribution in [3.63, 3.8) is 0 Å². The van der Waals surface area contributed by atoms with E-state index in [0.717, 1.165) is 17.5 Å². The van der Waals surface area contributed by atoms with Crippen molar-refractivity contribution in [1.82, 2.24) is 15.0 Å². The van der Waals surface area contributed by atoms with Crippen LogP contribution in [0.2, 0.25) is 0 Å². The lowest BCUT2D eigenvalue weighted by molar-refractivity contribution is 0.355. The molecule has 0 radical (unpaired) electrons. The number of ether oxygens (including phenoxy) is 2. The van der Waals surface area contributed by atoms with E-state index in [1.54, 1.807) is 56.8 Å². The number of nitrogens with one attached hydrogen (secondary N) is 2. The lowest BCUT2D eigenvalue weighted by atomic mass is 10.1. The van der Waals surface area contributed by atoms with Gasteiger partial charge in [-0.05, 0) is 42.3 Å². The van der Waals surface area contributed by atoms with Crippen molar-refractivity contribution < 1.29 is 17.9 Å². The van der Waals surface area contributed by atoms with Gasteiger partial charge < -0.3 is 9.47 Å². The van der Waals surface area contributed by atoms with Gasteiger partial charge in [0.15, 0.2) is 11.5 Å². The molecule has 152 valence electrons. The van der Waals surface area contributed by atoms with Crippen molar-refractivity contribution in [2.75, 3.05) is 14.2 Å². The summed E-state index contributed by atoms with van der Waals surface area (Å²) in [7, 11) is -0.633. The van der Waals surface area contributed by atoms with E-state index in [1.165, 1.54) is 6.21 Å². The van der Waals surface area contributed by atoms with Gasteiger partial charge in [0, 0.05) is 11.1 Å². The number of aromatic amines is 1. The summed E-state index contributed by atoms with van der Waals surface area (Å²) in [6, 6.07) is 12.1. The first-order valence-electron chi connectivity index (χ1n) is 8.88. The summed E-state index contributed by atoms with van der Waals surface area (Å²) in [5, 5.41) is 10.8. The molecule has 2 N–H and O–H groups in total. The highest BCUT2D eigenvalue weighted by Gasteiger charge is 2.13. The Kier molecular flexibility index (Phi) is 6.18. The number of aromatic nitrogens is 2. The summed E-state index contributed by atoms with van der Waals surface area (Å²) >= 11 is 0. The summed E-state index contributed by atoms with van der Waals surface area (Å²) in [5.41, 5.74) is 3.13. The van der Waals surface area contributed by atoms with E-state index in [9.17, 15) is 8.42 Å². The Morgan fingerprint density at radius 2 is 1.83 bits per heavy atom. The zero-order valence-corrected chi connectivity index (χ0v) is 17.2. The molecule has 1 heterocycles. The van der Waals surface area contributed by atoms with E-state index in [1.807, 2.05) is 13.0 Å². The van der Waals surface area contributed by atoms with Crippen molar-refractivity contribution in [2.45, 2.75) is 18.2 Å². The molecular formula is C20H22N4O4S. The van der Waals surface area contributed by atoms with Gasteiger partial charge in [-0.2, -0.15) is 18.6 Å². The van der Waals surface area contributed by atoms with Crippen molar-refractivity contribution in [1.29, 1.82) is 0 Å². The minimum Gasteiger partial charge on any atom is -0.493 e. The molecule has 0 aliphatic heterocycles. The molecule has 0 spiro atoms. The molecule has 9 heteroatoms. The normalized spacial score (nSPS) is 11.6. The molecule has 2 aromatic carbocycles. The predicted molar refractivity (Wildman–Crippen MR) is 111 cm³/mol. The van der Waals surface area contributed by atoms with Gasteiger partial charge in [-0.1, -0.05) is 19.1 Å². The maximum Gasteiger partial charge on any atom is 0.276 e. The van der Waals surface area contributed by atoms with Gasteiger partial charge in [-0.15, -0.1) is 0 Å². The molecule has 0 saturated heterocycles. The zero-order chi connectivity index (χ0) is 20.9. The fourth-order valence-corrected chi connectivity index (χ4v) is 3.53. The van der Waals surface area contributed by atoms with E-state index >= 15 is 0 Å². The molecule has 1 aromatic heterocycles. The average molecular weight is 414 g/mol. The second-order valence-electron chi connectivity index (χ2n) is 6.12. The van der Waals surface area contributed by atoms with Crippen LogP contribution in [0.4, 0.5) is 0 Å². The van der Waals surface area contributed by atoms with E-state index in [4.69, 9.17) is 9.47 Å². The number of hydrogen-bond donors (Lipinski definition) is 2. The van der Waals surface area contributed by atoms with Crippen LogP contribution in [0.15, 0.2) is 58.7 Å². The molecule has 0 saturated carbocycles. The largest absolute Gasteiger partial charge is 0.493 e. The van der Waals surface area contributed by atoms with Crippen LogP contribution < -0.4 is 14.3 Å². The van der Waals surface area contributed by atoms with Crippen LogP contribution in [-0.2, 0) is 16.4 Å². The Morgan fingerprint density at radius 3 is 2.48 bits per heavy atom. The molecule has 0 aliphatic rings. The van der Waals surface area contributed by atoms with E-state index in [2.05, 4.69) is 20.1 Å². The third-order valence-corrected chi connectivity index (χ3v) is 5.60. The topological polar surface area (TPSA) is 106 Å². The Hall–Kier alpha value is -3.33. The number of rotatable bonds is 8. The molecule has 3 rings (SSSR count). The zero-order valence-electron chi connectivity index (χ0n) is 16.3. The summed E-state index contributed by atoms with van der Waals surface area (Å²) in [5.74, 6) is 1.17. The minimum absolute atomic E-state index is 0.152. The molecule has 0 aliphatic carbocycles. The van der Waals surface area contributed by atoms with Gasteiger partial charge in [0.2, 0.25) is 0 Å². The van der Waals surface area contributed by atoms with Crippen LogP contribution in [0.25, 0.3) is 11.3 Å². The van der Waals surface area contributed by atoms with Gasteiger partial charge >= 0.3 is 0 Å². The minimum atomic E-state index is -3.75. The third-order valence-electron chi connectivity index (χ3n) is 4.36. The van der Waals surface area contributed by atoms with Gasteiger partial charge in [0.05, 0.1) is 37.2 Å². The van der Waals surface area contributed by atoms with E-state index in [0.29, 0.717) is 22.8 Å². The number of benzene rings is 2. The summed E-state index contributed by atoms with van der Waals surface area (Å²) in [6.07, 6.45) is 3.79. The van der Waals surface area contributed by atoms with Crippen LogP contribution in [0.5, 0.6) is 11.5 Å². The van der Waals surface area contributed by atoms with Crippen LogP contribution >= 0.6 is 0 Å². The van der Waals surface area contributed by atoms with Crippen molar-refractivity contribution >= 4 is 16.2 Å². The molecule has 29 heavy (non-hydrogen) atoms. The predicted octanol–water partition coefficient (Wildman–Crippen LogP) is 2.97. The van der Waals surface area contributed by atoms with Crippen LogP contribution in [-0.4, -0.2) is 39.0 Å². The summed E-state index contributed by atoms with van der Waals surface area (Å²) in [6.45, 7) is 2.01. The second kappa shape index (κ2) is 8.78. The highest BCUT2D eigenvalue weighted by molar-refractivity contribution is 7.89. The summed E-state index contributed by atoms with van der Waals surface area (Å²) in [4.78, 5) is 2.38. The Morgan fingerprint density at radius 1 is 1.10 bits per heavy atom. The monoisotopic (exact) mass is 414 g/mol. The molecule has 8 nitrogen and oxygen atoms in total. The van der Waals surface area contributed by atoms with Gasteiger partial charge in [0.1, 0.15) is 0 Å². The van der Waals surface area contributed by atoms with Crippen molar-refractivity contribution in [3.8, 4) is 22.8 Å². The average Bonchev–Trinajstić information content (AvgIpc) is 3.21. The molecule has 3 aromatic rings. The molecule has 0 atom stereocenters. The van der Waals surface area contributed by atoms with Crippen LogP contribution in [0.3, 0.4) is 0 Å². The first-order valence-corrected chi connectivity index (χ1v) is 10.4. The van der Waals surface area contributed by atoms with Gasteiger partial charge in [-0.3, -0.25) is 5.10 Å². The smallest absolute Gasteiger partial charge is 0.276 e. The number of hydrazone groups is 1. The van der Waals surface area contributed by atoms with E-state index < -0.39 is 10.0 Å². The molecule has 0 bridgehead atoms. The van der Waals surface area contributed by atoms with E-state index in [-0.39, 0.29) is 4.90 Å². The van der Waals surface area contributed by atoms with Crippen molar-refractivity contribution in [2.24, 2.45) is 5.10 Å². The number of hydrogen-bond acceptors (Lipinski definition) is 6. The molecule has 0 unspecified atom stereocenters. The number of H-pyrrole nitrogens is 1. The van der Waals surface area contributed by atoms with Crippen molar-refractivity contribution in [3.05, 3.63) is 59.8 Å². The van der Waals surface area contributed by atoms with Gasteiger partial charge in [0.25, 0.3) is 10.0 Å². The highest BCUT2D eigenvalue weighted by atomic mass is 32.2. The number of nitrogens with zero attached hydrogens (tertiary/aromatic N) is 2. The Labute approximate surface area is 169 Å². The number of sulfonamides is 1. The summed E-state index contributed by atoms with van der Waals surface area (Å²) < 4.78 is 35.3. The SMILES string of the molecule is CCc1ccc(S(=O)(=O)N/N=C\c2cn[nH]c2-c2ccc(OC)c(OC)c2)cc1. The third kappa shape index (κ3) is 4.57.